The first-order chi connectivity index (χ1) is 8.24. The second kappa shape index (κ2) is 5.46. The Morgan fingerprint density at radius 3 is 2.47 bits per heavy atom. The molecular formula is C14H16N2O. The SMILES string of the molecule is NC(Cc1ccncc1)Cc1cccc(O)c1. The van der Waals surface area contributed by atoms with Crippen molar-refractivity contribution < 1.29 is 5.11 Å². The van der Waals surface area contributed by atoms with Crippen LogP contribution in [0.25, 0.3) is 0 Å². The van der Waals surface area contributed by atoms with Gasteiger partial charge >= 0.3 is 0 Å². The molecule has 0 saturated carbocycles. The highest BCUT2D eigenvalue weighted by Gasteiger charge is 2.05. The van der Waals surface area contributed by atoms with Gasteiger partial charge in [-0.15, -0.1) is 0 Å². The van der Waals surface area contributed by atoms with E-state index in [1.54, 1.807) is 24.5 Å². The summed E-state index contributed by atoms with van der Waals surface area (Å²) in [6.07, 6.45) is 5.13. The number of hydrogen-bond acceptors (Lipinski definition) is 3. The van der Waals surface area contributed by atoms with Crippen LogP contribution in [0.1, 0.15) is 11.1 Å². The van der Waals surface area contributed by atoms with E-state index < -0.39 is 0 Å². The third-order valence-corrected chi connectivity index (χ3v) is 2.66. The second-order valence-corrected chi connectivity index (χ2v) is 4.19. The van der Waals surface area contributed by atoms with Gasteiger partial charge in [0.25, 0.3) is 0 Å². The van der Waals surface area contributed by atoms with Gasteiger partial charge in [-0.3, -0.25) is 4.98 Å². The average molecular weight is 228 g/mol. The van der Waals surface area contributed by atoms with Crippen LogP contribution in [-0.4, -0.2) is 16.1 Å². The maximum absolute atomic E-state index is 9.37. The first-order valence-corrected chi connectivity index (χ1v) is 5.66. The van der Waals surface area contributed by atoms with Crippen molar-refractivity contribution in [2.24, 2.45) is 5.73 Å². The van der Waals surface area contributed by atoms with Crippen molar-refractivity contribution in [2.45, 2.75) is 18.9 Å². The van der Waals surface area contributed by atoms with Gasteiger partial charge in [0.15, 0.2) is 0 Å². The van der Waals surface area contributed by atoms with Crippen molar-refractivity contribution >= 4 is 0 Å². The fourth-order valence-corrected chi connectivity index (χ4v) is 1.88. The summed E-state index contributed by atoms with van der Waals surface area (Å²) in [5.74, 6) is 0.290. The minimum Gasteiger partial charge on any atom is -0.508 e. The van der Waals surface area contributed by atoms with E-state index in [9.17, 15) is 5.11 Å². The predicted molar refractivity (Wildman–Crippen MR) is 67.7 cm³/mol. The van der Waals surface area contributed by atoms with Gasteiger partial charge in [0, 0.05) is 18.4 Å². The first kappa shape index (κ1) is 11.6. The van der Waals surface area contributed by atoms with Crippen LogP contribution in [0.15, 0.2) is 48.8 Å². The van der Waals surface area contributed by atoms with Crippen molar-refractivity contribution in [1.29, 1.82) is 0 Å². The Hall–Kier alpha value is -1.87. The van der Waals surface area contributed by atoms with E-state index in [1.165, 1.54) is 5.56 Å². The Bertz CT molecular complexity index is 471. The zero-order valence-electron chi connectivity index (χ0n) is 9.58. The zero-order valence-corrected chi connectivity index (χ0v) is 9.58. The molecule has 2 aromatic rings. The van der Waals surface area contributed by atoms with E-state index in [1.807, 2.05) is 24.3 Å². The van der Waals surface area contributed by atoms with Crippen molar-refractivity contribution in [2.75, 3.05) is 0 Å². The maximum Gasteiger partial charge on any atom is 0.115 e. The molecule has 0 aliphatic heterocycles. The lowest BCUT2D eigenvalue weighted by molar-refractivity contribution is 0.474. The molecule has 3 nitrogen and oxygen atoms in total. The van der Waals surface area contributed by atoms with Crippen molar-refractivity contribution in [3.05, 3.63) is 59.9 Å². The van der Waals surface area contributed by atoms with Gasteiger partial charge in [0.1, 0.15) is 5.75 Å². The van der Waals surface area contributed by atoms with Crippen molar-refractivity contribution in [1.82, 2.24) is 4.98 Å². The van der Waals surface area contributed by atoms with Gasteiger partial charge in [-0.05, 0) is 48.2 Å². The third kappa shape index (κ3) is 3.57. The predicted octanol–water partition coefficient (Wildman–Crippen LogP) is 1.90. The Kier molecular flexibility index (Phi) is 3.73. The van der Waals surface area contributed by atoms with Gasteiger partial charge in [-0.25, -0.2) is 0 Å². The highest BCUT2D eigenvalue weighted by molar-refractivity contribution is 5.28. The number of nitrogens with two attached hydrogens (primary N) is 1. The molecule has 1 heterocycles. The lowest BCUT2D eigenvalue weighted by Gasteiger charge is -2.11. The van der Waals surface area contributed by atoms with E-state index in [4.69, 9.17) is 5.73 Å². The summed E-state index contributed by atoms with van der Waals surface area (Å²) in [6.45, 7) is 0. The molecule has 1 unspecified atom stereocenters. The van der Waals surface area contributed by atoms with Crippen LogP contribution in [-0.2, 0) is 12.8 Å². The van der Waals surface area contributed by atoms with Gasteiger partial charge in [0.2, 0.25) is 0 Å². The number of hydrogen-bond donors (Lipinski definition) is 2. The molecule has 2 rings (SSSR count). The largest absolute Gasteiger partial charge is 0.508 e. The molecule has 0 radical (unpaired) electrons. The Balaban J connectivity index is 1.96. The van der Waals surface area contributed by atoms with Crippen molar-refractivity contribution in [3.8, 4) is 5.75 Å². The standard InChI is InChI=1S/C14H16N2O/c15-13(8-11-4-6-16-7-5-11)9-12-2-1-3-14(17)10-12/h1-7,10,13,17H,8-9,15H2. The number of aromatic hydroxyl groups is 1. The summed E-state index contributed by atoms with van der Waals surface area (Å²) in [5.41, 5.74) is 8.34. The second-order valence-electron chi connectivity index (χ2n) is 4.19. The van der Waals surface area contributed by atoms with E-state index in [2.05, 4.69) is 4.98 Å². The third-order valence-electron chi connectivity index (χ3n) is 2.66. The molecular weight excluding hydrogens is 212 g/mol. The first-order valence-electron chi connectivity index (χ1n) is 5.66. The summed E-state index contributed by atoms with van der Waals surface area (Å²) in [7, 11) is 0. The number of pyridine rings is 1. The summed E-state index contributed by atoms with van der Waals surface area (Å²) in [4.78, 5) is 3.97. The monoisotopic (exact) mass is 228 g/mol. The maximum atomic E-state index is 9.37. The van der Waals surface area contributed by atoms with E-state index >= 15 is 0 Å². The smallest absolute Gasteiger partial charge is 0.115 e. The number of phenolic OH excluding ortho intramolecular Hbond substituents is 1. The normalized spacial score (nSPS) is 12.3. The molecule has 1 atom stereocenters. The number of phenols is 1. The number of aromatic nitrogens is 1. The summed E-state index contributed by atoms with van der Waals surface area (Å²) in [6, 6.07) is 11.2. The van der Waals surface area contributed by atoms with Gasteiger partial charge in [-0.2, -0.15) is 0 Å². The molecule has 3 N–H and O–H groups in total. The molecule has 0 bridgehead atoms. The van der Waals surface area contributed by atoms with Crippen LogP contribution in [0.5, 0.6) is 5.75 Å². The summed E-state index contributed by atoms with van der Waals surface area (Å²) in [5, 5.41) is 9.37. The molecule has 0 saturated heterocycles. The highest BCUT2D eigenvalue weighted by atomic mass is 16.3. The molecule has 88 valence electrons. The molecule has 0 aliphatic carbocycles. The Morgan fingerprint density at radius 2 is 1.76 bits per heavy atom. The fourth-order valence-electron chi connectivity index (χ4n) is 1.88. The fraction of sp³-hybridized carbons (Fsp3) is 0.214. The molecule has 1 aromatic heterocycles. The van der Waals surface area contributed by atoms with E-state index in [-0.39, 0.29) is 6.04 Å². The Morgan fingerprint density at radius 1 is 1.06 bits per heavy atom. The van der Waals surface area contributed by atoms with E-state index in [0.29, 0.717) is 5.75 Å². The minimum absolute atomic E-state index is 0.0548. The summed E-state index contributed by atoms with van der Waals surface area (Å²) >= 11 is 0. The lowest BCUT2D eigenvalue weighted by Crippen LogP contribution is -2.25. The molecule has 0 spiro atoms. The van der Waals surface area contributed by atoms with E-state index in [0.717, 1.165) is 18.4 Å². The topological polar surface area (TPSA) is 59.1 Å². The molecule has 17 heavy (non-hydrogen) atoms. The number of rotatable bonds is 4. The Labute approximate surface area is 101 Å². The van der Waals surface area contributed by atoms with Crippen LogP contribution in [0, 0.1) is 0 Å². The van der Waals surface area contributed by atoms with Gasteiger partial charge in [0.05, 0.1) is 0 Å². The molecule has 3 heteroatoms. The van der Waals surface area contributed by atoms with Gasteiger partial charge < -0.3 is 10.8 Å². The quantitative estimate of drug-likeness (QED) is 0.840. The van der Waals surface area contributed by atoms with Crippen LogP contribution in [0.4, 0.5) is 0 Å². The van der Waals surface area contributed by atoms with Crippen LogP contribution in [0.3, 0.4) is 0 Å². The lowest BCUT2D eigenvalue weighted by atomic mass is 10.0. The number of nitrogens with zero attached hydrogens (tertiary/aromatic N) is 1. The molecule has 0 fully saturated rings. The van der Waals surface area contributed by atoms with Crippen LogP contribution in [0.2, 0.25) is 0 Å². The highest BCUT2D eigenvalue weighted by Crippen LogP contribution is 2.13. The minimum atomic E-state index is 0.0548. The van der Waals surface area contributed by atoms with Crippen molar-refractivity contribution in [3.63, 3.8) is 0 Å². The van der Waals surface area contributed by atoms with Crippen LogP contribution >= 0.6 is 0 Å². The average Bonchev–Trinajstić information content (AvgIpc) is 2.30. The molecule has 1 aromatic carbocycles. The number of benzene rings is 1. The van der Waals surface area contributed by atoms with Crippen LogP contribution < -0.4 is 5.73 Å². The molecule has 0 aliphatic rings. The van der Waals surface area contributed by atoms with Gasteiger partial charge in [-0.1, -0.05) is 12.1 Å². The zero-order chi connectivity index (χ0) is 12.1. The summed E-state index contributed by atoms with van der Waals surface area (Å²) < 4.78 is 0. The molecule has 0 amide bonds.